The molecule has 0 aliphatic carbocycles. The third kappa shape index (κ3) is 4.47. The number of nitrogens with zero attached hydrogens (tertiary/aromatic N) is 4. The first-order valence-electron chi connectivity index (χ1n) is 8.92. The van der Waals surface area contributed by atoms with Crippen molar-refractivity contribution in [2.75, 3.05) is 31.1 Å². The summed E-state index contributed by atoms with van der Waals surface area (Å²) < 4.78 is 14.7. The Balaban J connectivity index is 1.68. The summed E-state index contributed by atoms with van der Waals surface area (Å²) in [5.41, 5.74) is 0.892. The van der Waals surface area contributed by atoms with Crippen molar-refractivity contribution in [1.82, 2.24) is 14.7 Å². The molecule has 144 valence electrons. The van der Waals surface area contributed by atoms with E-state index in [-0.39, 0.29) is 28.1 Å². The van der Waals surface area contributed by atoms with E-state index in [9.17, 15) is 14.0 Å². The molecule has 1 aliphatic heterocycles. The van der Waals surface area contributed by atoms with Gasteiger partial charge in [-0.05, 0) is 30.2 Å². The van der Waals surface area contributed by atoms with Gasteiger partial charge in [-0.3, -0.25) is 9.59 Å². The lowest BCUT2D eigenvalue weighted by Crippen LogP contribution is -2.49. The zero-order chi connectivity index (χ0) is 19.6. The van der Waals surface area contributed by atoms with Gasteiger partial charge >= 0.3 is 0 Å². The summed E-state index contributed by atoms with van der Waals surface area (Å²) in [6, 6.07) is 7.49. The van der Waals surface area contributed by atoms with Crippen molar-refractivity contribution in [2.24, 2.45) is 5.92 Å². The monoisotopic (exact) mass is 392 g/mol. The van der Waals surface area contributed by atoms with E-state index >= 15 is 0 Å². The molecule has 0 radical (unpaired) electrons. The number of rotatable bonds is 4. The molecule has 0 unspecified atom stereocenters. The third-order valence-electron chi connectivity index (χ3n) is 4.46. The zero-order valence-electron chi connectivity index (χ0n) is 15.4. The first-order chi connectivity index (χ1) is 12.8. The number of hydrogen-bond acceptors (Lipinski definition) is 4. The van der Waals surface area contributed by atoms with Crippen LogP contribution in [0.4, 0.5) is 10.1 Å². The lowest BCUT2D eigenvalue weighted by Gasteiger charge is -2.36. The van der Waals surface area contributed by atoms with Gasteiger partial charge in [0.05, 0.1) is 5.02 Å². The van der Waals surface area contributed by atoms with Crippen molar-refractivity contribution in [2.45, 2.75) is 20.4 Å². The average Bonchev–Trinajstić information content (AvgIpc) is 2.65. The molecule has 1 aromatic carbocycles. The molecule has 1 aromatic heterocycles. The van der Waals surface area contributed by atoms with Crippen LogP contribution in [-0.2, 0) is 6.54 Å². The van der Waals surface area contributed by atoms with Crippen LogP contribution in [0.1, 0.15) is 24.3 Å². The van der Waals surface area contributed by atoms with Crippen molar-refractivity contribution in [3.63, 3.8) is 0 Å². The van der Waals surface area contributed by atoms with Crippen LogP contribution in [0.25, 0.3) is 0 Å². The molecule has 8 heteroatoms. The van der Waals surface area contributed by atoms with Crippen LogP contribution < -0.4 is 10.5 Å². The zero-order valence-corrected chi connectivity index (χ0v) is 16.1. The fourth-order valence-corrected chi connectivity index (χ4v) is 3.23. The third-order valence-corrected chi connectivity index (χ3v) is 4.75. The van der Waals surface area contributed by atoms with Gasteiger partial charge in [0.25, 0.3) is 11.5 Å². The predicted molar refractivity (Wildman–Crippen MR) is 103 cm³/mol. The number of anilines is 1. The van der Waals surface area contributed by atoms with E-state index in [1.54, 1.807) is 17.0 Å². The van der Waals surface area contributed by atoms with Gasteiger partial charge in [0.15, 0.2) is 0 Å². The van der Waals surface area contributed by atoms with Gasteiger partial charge in [0, 0.05) is 44.5 Å². The molecule has 1 fully saturated rings. The van der Waals surface area contributed by atoms with E-state index in [2.05, 4.69) is 10.00 Å². The largest absolute Gasteiger partial charge is 0.368 e. The number of carbonyl (C=O) groups is 1. The second kappa shape index (κ2) is 8.08. The molecule has 1 amide bonds. The molecule has 0 saturated carbocycles. The smallest absolute Gasteiger partial charge is 0.274 e. The van der Waals surface area contributed by atoms with Gasteiger partial charge in [0.1, 0.15) is 11.5 Å². The Morgan fingerprint density at radius 1 is 1.19 bits per heavy atom. The molecule has 1 saturated heterocycles. The number of carbonyl (C=O) groups excluding carboxylic acids is 1. The Morgan fingerprint density at radius 2 is 1.89 bits per heavy atom. The molecule has 2 heterocycles. The van der Waals surface area contributed by atoms with Crippen LogP contribution in [0.5, 0.6) is 0 Å². The van der Waals surface area contributed by atoms with Gasteiger partial charge in [-0.25, -0.2) is 9.07 Å². The van der Waals surface area contributed by atoms with Crippen molar-refractivity contribution < 1.29 is 9.18 Å². The molecule has 1 aliphatic rings. The summed E-state index contributed by atoms with van der Waals surface area (Å²) in [5, 5.41) is 4.31. The Bertz CT molecular complexity index is 892. The standard InChI is InChI=1S/C19H22ClFN4O2/c1-13(2)12-25-18(26)6-5-17(22-25)19(27)24-9-7-23(8-10-24)14-3-4-16(21)15(20)11-14/h3-6,11,13H,7-10,12H2,1-2H3. The quantitative estimate of drug-likeness (QED) is 0.802. The van der Waals surface area contributed by atoms with Gasteiger partial charge in [-0.2, -0.15) is 5.10 Å². The summed E-state index contributed by atoms with van der Waals surface area (Å²) in [6.07, 6.45) is 0. The minimum atomic E-state index is -0.447. The molecule has 3 rings (SSSR count). The number of halogens is 2. The van der Waals surface area contributed by atoms with Crippen LogP contribution in [-0.4, -0.2) is 46.8 Å². The van der Waals surface area contributed by atoms with Crippen molar-refractivity contribution in [3.8, 4) is 0 Å². The minimum Gasteiger partial charge on any atom is -0.368 e. The number of piperazine rings is 1. The van der Waals surface area contributed by atoms with Gasteiger partial charge in [-0.15, -0.1) is 0 Å². The Kier molecular flexibility index (Phi) is 5.79. The molecule has 0 spiro atoms. The molecule has 0 N–H and O–H groups in total. The maximum atomic E-state index is 13.3. The Hall–Kier alpha value is -2.41. The predicted octanol–water partition coefficient (Wildman–Crippen LogP) is 2.65. The number of benzene rings is 1. The summed E-state index contributed by atoms with van der Waals surface area (Å²) in [7, 11) is 0. The average molecular weight is 393 g/mol. The lowest BCUT2D eigenvalue weighted by molar-refractivity contribution is 0.0737. The fraction of sp³-hybridized carbons (Fsp3) is 0.421. The summed E-state index contributed by atoms with van der Waals surface area (Å²) in [4.78, 5) is 28.4. The minimum absolute atomic E-state index is 0.0858. The fourth-order valence-electron chi connectivity index (χ4n) is 3.05. The highest BCUT2D eigenvalue weighted by atomic mass is 35.5. The van der Waals surface area contributed by atoms with Crippen molar-refractivity contribution in [1.29, 1.82) is 0 Å². The highest BCUT2D eigenvalue weighted by Crippen LogP contribution is 2.23. The van der Waals surface area contributed by atoms with Crippen LogP contribution in [0.3, 0.4) is 0 Å². The Labute approximate surface area is 162 Å². The number of aromatic nitrogens is 2. The van der Waals surface area contributed by atoms with Crippen LogP contribution in [0, 0.1) is 11.7 Å². The van der Waals surface area contributed by atoms with E-state index in [1.165, 1.54) is 22.9 Å². The molecule has 2 aromatic rings. The van der Waals surface area contributed by atoms with E-state index in [4.69, 9.17) is 11.6 Å². The second-order valence-electron chi connectivity index (χ2n) is 7.01. The van der Waals surface area contributed by atoms with E-state index < -0.39 is 5.82 Å². The summed E-state index contributed by atoms with van der Waals surface area (Å²) in [5.74, 6) is -0.382. The Morgan fingerprint density at radius 3 is 2.52 bits per heavy atom. The normalized spacial score (nSPS) is 14.7. The first-order valence-corrected chi connectivity index (χ1v) is 9.30. The van der Waals surface area contributed by atoms with Crippen molar-refractivity contribution >= 4 is 23.2 Å². The topological polar surface area (TPSA) is 58.4 Å². The number of hydrogen-bond donors (Lipinski definition) is 0. The maximum absolute atomic E-state index is 13.3. The van der Waals surface area contributed by atoms with Crippen LogP contribution >= 0.6 is 11.6 Å². The van der Waals surface area contributed by atoms with Gasteiger partial charge < -0.3 is 9.80 Å². The van der Waals surface area contributed by atoms with E-state index in [0.29, 0.717) is 32.7 Å². The summed E-state index contributed by atoms with van der Waals surface area (Å²) in [6.45, 7) is 6.70. The molecular formula is C19H22ClFN4O2. The second-order valence-corrected chi connectivity index (χ2v) is 7.42. The number of amides is 1. The molecule has 27 heavy (non-hydrogen) atoms. The molecule has 0 atom stereocenters. The first kappa shape index (κ1) is 19.4. The molecular weight excluding hydrogens is 371 g/mol. The van der Waals surface area contributed by atoms with E-state index in [0.717, 1.165) is 5.69 Å². The molecule has 0 bridgehead atoms. The van der Waals surface area contributed by atoms with Crippen LogP contribution in [0.15, 0.2) is 35.1 Å². The highest BCUT2D eigenvalue weighted by molar-refractivity contribution is 6.31. The molecule has 6 nitrogen and oxygen atoms in total. The lowest BCUT2D eigenvalue weighted by atomic mass is 10.2. The van der Waals surface area contributed by atoms with E-state index in [1.807, 2.05) is 13.8 Å². The summed E-state index contributed by atoms with van der Waals surface area (Å²) >= 11 is 5.85. The van der Waals surface area contributed by atoms with Gasteiger partial charge in [-0.1, -0.05) is 25.4 Å². The highest BCUT2D eigenvalue weighted by Gasteiger charge is 2.24. The SMILES string of the molecule is CC(C)Cn1nc(C(=O)N2CCN(c3ccc(F)c(Cl)c3)CC2)ccc1=O. The van der Waals surface area contributed by atoms with Crippen molar-refractivity contribution in [3.05, 3.63) is 57.2 Å². The van der Waals surface area contributed by atoms with Gasteiger partial charge in [0.2, 0.25) is 0 Å². The maximum Gasteiger partial charge on any atom is 0.274 e. The van der Waals surface area contributed by atoms with Crippen LogP contribution in [0.2, 0.25) is 5.02 Å².